The second-order valence-corrected chi connectivity index (χ2v) is 7.34. The van der Waals surface area contributed by atoms with Crippen molar-refractivity contribution in [3.05, 3.63) is 66.7 Å². The van der Waals surface area contributed by atoms with Gasteiger partial charge in [-0.15, -0.1) is 5.10 Å². The summed E-state index contributed by atoms with van der Waals surface area (Å²) >= 11 is 0. The van der Waals surface area contributed by atoms with Gasteiger partial charge in [0.1, 0.15) is 5.82 Å². The van der Waals surface area contributed by atoms with Gasteiger partial charge in [0, 0.05) is 23.5 Å². The molecule has 1 aliphatic heterocycles. The highest BCUT2D eigenvalue weighted by atomic mass is 19.1. The first-order chi connectivity index (χ1) is 14.8. The average Bonchev–Trinajstić information content (AvgIpc) is 3.20. The van der Waals surface area contributed by atoms with Crippen LogP contribution in [0.25, 0.3) is 16.9 Å². The molecule has 5 rings (SSSR count). The number of aromatic nitrogens is 4. The molecule has 1 aliphatic rings. The van der Waals surface area contributed by atoms with Crippen LogP contribution in [0.1, 0.15) is 12.8 Å². The number of hydrogen-bond acceptors (Lipinski definition) is 6. The number of hydrogen-bond donors (Lipinski definition) is 3. The van der Waals surface area contributed by atoms with Crippen molar-refractivity contribution in [3.8, 4) is 11.3 Å². The molecule has 0 unspecified atom stereocenters. The molecule has 1 aromatic carbocycles. The monoisotopic (exact) mass is 403 g/mol. The lowest BCUT2D eigenvalue weighted by Crippen LogP contribution is -2.35. The minimum absolute atomic E-state index is 0.204. The van der Waals surface area contributed by atoms with Crippen LogP contribution >= 0.6 is 0 Å². The van der Waals surface area contributed by atoms with Gasteiger partial charge in [-0.05, 0) is 62.3 Å². The Hall–Kier alpha value is -3.52. The van der Waals surface area contributed by atoms with E-state index in [2.05, 4.69) is 25.9 Å². The van der Waals surface area contributed by atoms with Gasteiger partial charge >= 0.3 is 0 Å². The third-order valence-corrected chi connectivity index (χ3v) is 5.26. The largest absolute Gasteiger partial charge is 0.366 e. The summed E-state index contributed by atoms with van der Waals surface area (Å²) in [6.07, 6.45) is 5.54. The fourth-order valence-electron chi connectivity index (χ4n) is 3.66. The van der Waals surface area contributed by atoms with Gasteiger partial charge in [-0.2, -0.15) is 0 Å². The van der Waals surface area contributed by atoms with Crippen molar-refractivity contribution in [2.75, 3.05) is 23.7 Å². The van der Waals surface area contributed by atoms with Crippen LogP contribution in [0, 0.1) is 5.82 Å². The molecule has 0 amide bonds. The summed E-state index contributed by atoms with van der Waals surface area (Å²) in [6.45, 7) is 2.05. The fraction of sp³-hybridized carbons (Fsp3) is 0.227. The van der Waals surface area contributed by atoms with Crippen molar-refractivity contribution in [1.82, 2.24) is 24.9 Å². The van der Waals surface area contributed by atoms with Crippen LogP contribution in [0.2, 0.25) is 0 Å². The molecule has 3 N–H and O–H groups in total. The van der Waals surface area contributed by atoms with Gasteiger partial charge in [-0.25, -0.2) is 18.9 Å². The van der Waals surface area contributed by atoms with E-state index in [1.807, 2.05) is 47.1 Å². The highest BCUT2D eigenvalue weighted by Crippen LogP contribution is 2.25. The van der Waals surface area contributed by atoms with Crippen LogP contribution in [0.4, 0.5) is 21.7 Å². The minimum atomic E-state index is -0.388. The number of halogens is 1. The molecule has 0 bridgehead atoms. The zero-order chi connectivity index (χ0) is 20.3. The van der Waals surface area contributed by atoms with E-state index in [0.717, 1.165) is 54.3 Å². The first-order valence-electron chi connectivity index (χ1n) is 10.1. The van der Waals surface area contributed by atoms with Gasteiger partial charge in [0.2, 0.25) is 0 Å². The van der Waals surface area contributed by atoms with E-state index in [1.54, 1.807) is 12.3 Å². The molecule has 0 radical (unpaired) electrons. The quantitative estimate of drug-likeness (QED) is 0.470. The number of imidazole rings is 1. The second kappa shape index (κ2) is 8.08. The summed E-state index contributed by atoms with van der Waals surface area (Å²) in [5.41, 5.74) is 3.42. The van der Waals surface area contributed by atoms with Crippen molar-refractivity contribution < 1.29 is 4.39 Å². The lowest BCUT2D eigenvalue weighted by Gasteiger charge is -2.24. The molecule has 1 saturated heterocycles. The maximum Gasteiger partial charge on any atom is 0.166 e. The van der Waals surface area contributed by atoms with Crippen molar-refractivity contribution in [2.24, 2.45) is 0 Å². The van der Waals surface area contributed by atoms with Crippen LogP contribution < -0.4 is 16.0 Å². The van der Waals surface area contributed by atoms with Crippen molar-refractivity contribution in [1.29, 1.82) is 0 Å². The first-order valence-corrected chi connectivity index (χ1v) is 10.1. The van der Waals surface area contributed by atoms with Gasteiger partial charge in [0.05, 0.1) is 11.9 Å². The third-order valence-electron chi connectivity index (χ3n) is 5.26. The van der Waals surface area contributed by atoms with Gasteiger partial charge < -0.3 is 16.0 Å². The van der Waals surface area contributed by atoms with Crippen molar-refractivity contribution in [3.63, 3.8) is 0 Å². The van der Waals surface area contributed by atoms with E-state index in [0.29, 0.717) is 6.04 Å². The SMILES string of the molecule is Fc1cccnc1Nc1ccc(-c2cnc3ccc(NC4CCNCC4)nn23)cc1. The minimum Gasteiger partial charge on any atom is -0.366 e. The second-order valence-electron chi connectivity index (χ2n) is 7.34. The maximum atomic E-state index is 13.8. The Morgan fingerprint density at radius 1 is 1.00 bits per heavy atom. The van der Waals surface area contributed by atoms with Crippen LogP contribution in [0.3, 0.4) is 0 Å². The maximum absolute atomic E-state index is 13.8. The molecular formula is C22H22FN7. The van der Waals surface area contributed by atoms with Crippen molar-refractivity contribution >= 4 is 23.0 Å². The Labute approximate surface area is 173 Å². The normalized spacial score (nSPS) is 14.7. The smallest absolute Gasteiger partial charge is 0.166 e. The molecule has 7 nitrogen and oxygen atoms in total. The Morgan fingerprint density at radius 2 is 1.83 bits per heavy atom. The number of fused-ring (bicyclic) bond motifs is 1. The number of benzene rings is 1. The van der Waals surface area contributed by atoms with Crippen LogP contribution in [-0.2, 0) is 0 Å². The Bertz CT molecular complexity index is 1150. The number of rotatable bonds is 5. The fourth-order valence-corrected chi connectivity index (χ4v) is 3.66. The topological polar surface area (TPSA) is 79.2 Å². The predicted molar refractivity (Wildman–Crippen MR) is 115 cm³/mol. The molecule has 4 heterocycles. The highest BCUT2D eigenvalue weighted by Gasteiger charge is 2.14. The zero-order valence-electron chi connectivity index (χ0n) is 16.3. The zero-order valence-corrected chi connectivity index (χ0v) is 16.3. The molecule has 0 atom stereocenters. The van der Waals surface area contributed by atoms with E-state index in [4.69, 9.17) is 5.10 Å². The Balaban J connectivity index is 1.38. The molecular weight excluding hydrogens is 381 g/mol. The van der Waals surface area contributed by atoms with E-state index in [-0.39, 0.29) is 11.6 Å². The first kappa shape index (κ1) is 18.5. The van der Waals surface area contributed by atoms with E-state index < -0.39 is 0 Å². The van der Waals surface area contributed by atoms with E-state index >= 15 is 0 Å². The van der Waals surface area contributed by atoms with Crippen LogP contribution in [0.5, 0.6) is 0 Å². The van der Waals surface area contributed by atoms with Crippen LogP contribution in [-0.4, -0.2) is 38.7 Å². The standard InChI is InChI=1S/C22H22FN7/c23-18-2-1-11-25-22(18)28-16-5-3-15(4-6-16)19-14-26-21-8-7-20(29-30(19)21)27-17-9-12-24-13-10-17/h1-8,11,14,17,24H,9-10,12-13H2,(H,25,28)(H,27,29). The molecule has 4 aromatic rings. The number of nitrogens with zero attached hydrogens (tertiary/aromatic N) is 4. The molecule has 0 spiro atoms. The lowest BCUT2D eigenvalue weighted by molar-refractivity contribution is 0.477. The molecule has 8 heteroatoms. The molecule has 1 fully saturated rings. The predicted octanol–water partition coefficient (Wildman–Crippen LogP) is 3.84. The Morgan fingerprint density at radius 3 is 2.63 bits per heavy atom. The van der Waals surface area contributed by atoms with E-state index in [1.165, 1.54) is 6.07 Å². The summed E-state index contributed by atoms with van der Waals surface area (Å²) in [5, 5.41) is 14.7. The summed E-state index contributed by atoms with van der Waals surface area (Å²) in [7, 11) is 0. The van der Waals surface area contributed by atoms with Gasteiger partial charge in [-0.1, -0.05) is 12.1 Å². The molecule has 152 valence electrons. The average molecular weight is 403 g/mol. The molecule has 3 aromatic heterocycles. The van der Waals surface area contributed by atoms with E-state index in [9.17, 15) is 4.39 Å². The number of anilines is 3. The Kier molecular flexibility index (Phi) is 4.98. The van der Waals surface area contributed by atoms with Crippen molar-refractivity contribution in [2.45, 2.75) is 18.9 Å². The molecule has 0 aliphatic carbocycles. The highest BCUT2D eigenvalue weighted by molar-refractivity contribution is 5.67. The molecule has 0 saturated carbocycles. The number of piperidine rings is 1. The summed E-state index contributed by atoms with van der Waals surface area (Å²) < 4.78 is 15.7. The third kappa shape index (κ3) is 3.81. The van der Waals surface area contributed by atoms with Crippen LogP contribution in [0.15, 0.2) is 60.9 Å². The summed E-state index contributed by atoms with van der Waals surface area (Å²) in [6, 6.07) is 15.0. The van der Waals surface area contributed by atoms with Gasteiger partial charge in [-0.3, -0.25) is 0 Å². The summed E-state index contributed by atoms with van der Waals surface area (Å²) in [5.74, 6) is 0.661. The number of pyridine rings is 1. The molecule has 30 heavy (non-hydrogen) atoms. The summed E-state index contributed by atoms with van der Waals surface area (Å²) in [4.78, 5) is 8.50. The van der Waals surface area contributed by atoms with Gasteiger partial charge in [0.15, 0.2) is 17.3 Å². The lowest BCUT2D eigenvalue weighted by atomic mass is 10.1. The number of nitrogens with one attached hydrogen (secondary N) is 3. The van der Waals surface area contributed by atoms with Gasteiger partial charge in [0.25, 0.3) is 0 Å².